The summed E-state index contributed by atoms with van der Waals surface area (Å²) in [5.41, 5.74) is 6.34. The lowest BCUT2D eigenvalue weighted by Gasteiger charge is -2.00. The van der Waals surface area contributed by atoms with Gasteiger partial charge in [0.1, 0.15) is 11.2 Å². The zero-order valence-corrected chi connectivity index (χ0v) is 15.5. The van der Waals surface area contributed by atoms with Crippen LogP contribution in [-0.4, -0.2) is 45.1 Å². The molecule has 0 aliphatic heterocycles. The third-order valence-corrected chi connectivity index (χ3v) is 4.85. The SMILES string of the molecule is c1cc(-c2nccc3[nH]c(-c4n[nH]c5ncc(-c6cnccn6)cc45)nc23)ccn1. The topological polar surface area (TPSA) is 122 Å². The van der Waals surface area contributed by atoms with Gasteiger partial charge in [0.2, 0.25) is 0 Å². The van der Waals surface area contributed by atoms with E-state index in [0.717, 1.165) is 38.9 Å². The van der Waals surface area contributed by atoms with Gasteiger partial charge < -0.3 is 4.98 Å². The average Bonchev–Trinajstić information content (AvgIpc) is 3.43. The van der Waals surface area contributed by atoms with E-state index in [4.69, 9.17) is 4.98 Å². The first-order valence-electron chi connectivity index (χ1n) is 9.23. The zero-order valence-electron chi connectivity index (χ0n) is 15.5. The van der Waals surface area contributed by atoms with Crippen LogP contribution in [0.15, 0.2) is 67.6 Å². The van der Waals surface area contributed by atoms with E-state index in [1.165, 1.54) is 0 Å². The second-order valence-corrected chi connectivity index (χ2v) is 6.66. The lowest BCUT2D eigenvalue weighted by atomic mass is 10.1. The number of hydrogen-bond donors (Lipinski definition) is 2. The molecule has 0 aliphatic rings. The van der Waals surface area contributed by atoms with Crippen LogP contribution in [-0.2, 0) is 0 Å². The average molecular weight is 391 g/mol. The fourth-order valence-electron chi connectivity index (χ4n) is 3.44. The highest BCUT2D eigenvalue weighted by molar-refractivity contribution is 5.95. The fourth-order valence-corrected chi connectivity index (χ4v) is 3.44. The third kappa shape index (κ3) is 2.60. The van der Waals surface area contributed by atoms with Gasteiger partial charge in [0.25, 0.3) is 0 Å². The fraction of sp³-hybridized carbons (Fsp3) is 0. The predicted octanol–water partition coefficient (Wildman–Crippen LogP) is 3.42. The van der Waals surface area contributed by atoms with Crippen LogP contribution in [0.25, 0.3) is 56.1 Å². The van der Waals surface area contributed by atoms with Crippen molar-refractivity contribution in [3.63, 3.8) is 0 Å². The molecule has 30 heavy (non-hydrogen) atoms. The summed E-state index contributed by atoms with van der Waals surface area (Å²) in [6.45, 7) is 0. The van der Waals surface area contributed by atoms with Crippen LogP contribution >= 0.6 is 0 Å². The Balaban J connectivity index is 1.52. The highest BCUT2D eigenvalue weighted by atomic mass is 15.2. The summed E-state index contributed by atoms with van der Waals surface area (Å²) in [4.78, 5) is 29.7. The number of pyridine rings is 3. The highest BCUT2D eigenvalue weighted by Gasteiger charge is 2.17. The van der Waals surface area contributed by atoms with Gasteiger partial charge in [0, 0.05) is 48.3 Å². The minimum absolute atomic E-state index is 0.637. The number of imidazole rings is 1. The molecule has 0 fully saturated rings. The summed E-state index contributed by atoms with van der Waals surface area (Å²) in [5, 5.41) is 8.27. The van der Waals surface area contributed by atoms with Gasteiger partial charge in [-0.3, -0.25) is 25.0 Å². The molecule has 0 saturated heterocycles. The Morgan fingerprint density at radius 2 is 1.67 bits per heavy atom. The standard InChI is InChI=1S/C21H13N9/c1-4-22-5-2-12(1)17-19-15(3-6-25-17)27-21(28-19)18-14-9-13(10-26-20(14)30-29-18)16-11-23-7-8-24-16/h1-11H,(H,27,28)(H,26,29,30). The maximum Gasteiger partial charge on any atom is 0.159 e. The molecule has 0 spiro atoms. The molecule has 0 unspecified atom stereocenters. The maximum absolute atomic E-state index is 4.81. The molecule has 6 rings (SSSR count). The van der Waals surface area contributed by atoms with Crippen molar-refractivity contribution < 1.29 is 0 Å². The second kappa shape index (κ2) is 6.52. The molecule has 0 bridgehead atoms. The first kappa shape index (κ1) is 16.4. The van der Waals surface area contributed by atoms with E-state index in [9.17, 15) is 0 Å². The molecule has 9 heteroatoms. The van der Waals surface area contributed by atoms with Gasteiger partial charge in [-0.05, 0) is 24.3 Å². The van der Waals surface area contributed by atoms with E-state index in [1.807, 2.05) is 24.3 Å². The van der Waals surface area contributed by atoms with Gasteiger partial charge >= 0.3 is 0 Å². The first-order valence-corrected chi connectivity index (χ1v) is 9.23. The van der Waals surface area contributed by atoms with Gasteiger partial charge in [-0.25, -0.2) is 9.97 Å². The molecule has 6 heterocycles. The van der Waals surface area contributed by atoms with Crippen molar-refractivity contribution in [2.75, 3.05) is 0 Å². The molecule has 0 amide bonds. The summed E-state index contributed by atoms with van der Waals surface area (Å²) in [6, 6.07) is 7.71. The molecular formula is C21H13N9. The van der Waals surface area contributed by atoms with E-state index in [0.29, 0.717) is 17.2 Å². The molecule has 142 valence electrons. The van der Waals surface area contributed by atoms with Gasteiger partial charge in [-0.2, -0.15) is 5.10 Å². The van der Waals surface area contributed by atoms with Crippen molar-refractivity contribution in [1.82, 2.24) is 45.1 Å². The first-order chi connectivity index (χ1) is 14.9. The number of fused-ring (bicyclic) bond motifs is 2. The van der Waals surface area contributed by atoms with E-state index in [1.54, 1.807) is 43.4 Å². The normalized spacial score (nSPS) is 11.3. The Morgan fingerprint density at radius 3 is 2.53 bits per heavy atom. The zero-order chi connectivity index (χ0) is 19.9. The highest BCUT2D eigenvalue weighted by Crippen LogP contribution is 2.30. The molecule has 0 aromatic carbocycles. The van der Waals surface area contributed by atoms with Crippen LogP contribution in [0.3, 0.4) is 0 Å². The summed E-state index contributed by atoms with van der Waals surface area (Å²) in [7, 11) is 0. The Hall–Kier alpha value is -4.53. The number of nitrogens with zero attached hydrogens (tertiary/aromatic N) is 7. The Labute approximate surface area is 169 Å². The Kier molecular flexibility index (Phi) is 3.57. The number of aromatic amines is 2. The van der Waals surface area contributed by atoms with Crippen molar-refractivity contribution in [2.45, 2.75) is 0 Å². The van der Waals surface area contributed by atoms with Crippen molar-refractivity contribution in [3.05, 3.63) is 67.6 Å². The van der Waals surface area contributed by atoms with Crippen molar-refractivity contribution in [3.8, 4) is 34.0 Å². The smallest absolute Gasteiger partial charge is 0.159 e. The van der Waals surface area contributed by atoms with E-state index < -0.39 is 0 Å². The monoisotopic (exact) mass is 391 g/mol. The molecule has 9 nitrogen and oxygen atoms in total. The van der Waals surface area contributed by atoms with Gasteiger partial charge in [-0.1, -0.05) is 0 Å². The number of aromatic nitrogens is 9. The maximum atomic E-state index is 4.81. The third-order valence-electron chi connectivity index (χ3n) is 4.85. The van der Waals surface area contributed by atoms with Crippen LogP contribution in [0, 0.1) is 0 Å². The van der Waals surface area contributed by atoms with Gasteiger partial charge in [-0.15, -0.1) is 0 Å². The quantitative estimate of drug-likeness (QED) is 0.474. The van der Waals surface area contributed by atoms with Crippen LogP contribution < -0.4 is 0 Å². The number of rotatable bonds is 3. The molecule has 0 radical (unpaired) electrons. The molecule has 6 aromatic rings. The molecular weight excluding hydrogens is 378 g/mol. The van der Waals surface area contributed by atoms with Crippen molar-refractivity contribution in [2.24, 2.45) is 0 Å². The summed E-state index contributed by atoms with van der Waals surface area (Å²) in [6.07, 6.45) is 12.0. The minimum atomic E-state index is 0.637. The Bertz CT molecular complexity index is 1490. The van der Waals surface area contributed by atoms with E-state index in [-0.39, 0.29) is 0 Å². The van der Waals surface area contributed by atoms with E-state index in [2.05, 4.69) is 40.1 Å². The predicted molar refractivity (Wildman–Crippen MR) is 111 cm³/mol. The minimum Gasteiger partial charge on any atom is -0.336 e. The number of nitrogens with one attached hydrogen (secondary N) is 2. The van der Waals surface area contributed by atoms with Crippen LogP contribution in [0.2, 0.25) is 0 Å². The molecule has 2 N–H and O–H groups in total. The molecule has 6 aromatic heterocycles. The lowest BCUT2D eigenvalue weighted by Crippen LogP contribution is -1.87. The molecule has 0 aliphatic carbocycles. The molecule has 0 atom stereocenters. The lowest BCUT2D eigenvalue weighted by molar-refractivity contribution is 1.09. The van der Waals surface area contributed by atoms with Gasteiger partial charge in [0.05, 0.1) is 28.5 Å². The van der Waals surface area contributed by atoms with Gasteiger partial charge in [0.15, 0.2) is 11.5 Å². The van der Waals surface area contributed by atoms with Crippen LogP contribution in [0.5, 0.6) is 0 Å². The van der Waals surface area contributed by atoms with Crippen molar-refractivity contribution >= 4 is 22.1 Å². The van der Waals surface area contributed by atoms with Crippen molar-refractivity contribution in [1.29, 1.82) is 0 Å². The largest absolute Gasteiger partial charge is 0.336 e. The number of H-pyrrole nitrogens is 2. The van der Waals surface area contributed by atoms with E-state index >= 15 is 0 Å². The second-order valence-electron chi connectivity index (χ2n) is 6.66. The summed E-state index contributed by atoms with van der Waals surface area (Å²) < 4.78 is 0. The van der Waals surface area contributed by atoms with Crippen LogP contribution in [0.1, 0.15) is 0 Å². The summed E-state index contributed by atoms with van der Waals surface area (Å²) in [5.74, 6) is 0.637. The summed E-state index contributed by atoms with van der Waals surface area (Å²) >= 11 is 0. The van der Waals surface area contributed by atoms with Crippen LogP contribution in [0.4, 0.5) is 0 Å². The molecule has 0 saturated carbocycles. The Morgan fingerprint density at radius 1 is 0.733 bits per heavy atom. The number of hydrogen-bond acceptors (Lipinski definition) is 7.